The van der Waals surface area contributed by atoms with Gasteiger partial charge in [-0.3, -0.25) is 4.79 Å². The van der Waals surface area contributed by atoms with Gasteiger partial charge in [-0.1, -0.05) is 42.5 Å². The molecule has 0 atom stereocenters. The highest BCUT2D eigenvalue weighted by Gasteiger charge is 2.05. The molecular weight excluding hydrogens is 298 g/mol. The molecule has 0 aliphatic rings. The summed E-state index contributed by atoms with van der Waals surface area (Å²) in [5.74, 6) is 0.964. The lowest BCUT2D eigenvalue weighted by molar-refractivity contribution is -0.121. The van der Waals surface area contributed by atoms with Gasteiger partial charge in [0, 0.05) is 19.4 Å². The van der Waals surface area contributed by atoms with Crippen LogP contribution in [0.15, 0.2) is 54.6 Å². The smallest absolute Gasteiger partial charge is 0.220 e. The van der Waals surface area contributed by atoms with Crippen LogP contribution < -0.4 is 5.32 Å². The van der Waals surface area contributed by atoms with E-state index < -0.39 is 0 Å². The fraction of sp³-hybridized carbons (Fsp3) is 0.300. The maximum Gasteiger partial charge on any atom is 0.220 e. The summed E-state index contributed by atoms with van der Waals surface area (Å²) >= 11 is 0. The zero-order valence-electron chi connectivity index (χ0n) is 13.8. The van der Waals surface area contributed by atoms with Crippen molar-refractivity contribution in [1.29, 1.82) is 0 Å². The number of carbonyl (C=O) groups is 1. The predicted molar refractivity (Wildman–Crippen MR) is 96.8 cm³/mol. The van der Waals surface area contributed by atoms with Crippen molar-refractivity contribution in [3.8, 4) is 0 Å². The van der Waals surface area contributed by atoms with Gasteiger partial charge in [0.05, 0.1) is 11.0 Å². The van der Waals surface area contributed by atoms with E-state index in [0.717, 1.165) is 42.7 Å². The lowest BCUT2D eigenvalue weighted by atomic mass is 10.1. The summed E-state index contributed by atoms with van der Waals surface area (Å²) < 4.78 is 0. The second kappa shape index (κ2) is 8.29. The van der Waals surface area contributed by atoms with Gasteiger partial charge in [0.1, 0.15) is 5.82 Å². The zero-order valence-corrected chi connectivity index (χ0v) is 13.8. The molecule has 0 aliphatic carbocycles. The number of para-hydroxylation sites is 2. The standard InChI is InChI=1S/C20H23N3O/c24-20(21-15-7-6-10-16-8-2-1-3-9-16)14-13-19-22-17-11-4-5-12-18(17)23-19/h1-5,8-9,11-12H,6-7,10,13-15H2,(H,21,24)(H,22,23). The molecule has 1 amide bonds. The Kier molecular flexibility index (Phi) is 5.61. The van der Waals surface area contributed by atoms with Gasteiger partial charge in [-0.15, -0.1) is 0 Å². The molecule has 24 heavy (non-hydrogen) atoms. The Balaban J connectivity index is 1.32. The molecule has 4 heteroatoms. The minimum absolute atomic E-state index is 0.0927. The zero-order chi connectivity index (χ0) is 16.6. The van der Waals surface area contributed by atoms with Crippen LogP contribution in [0.4, 0.5) is 0 Å². The average Bonchev–Trinajstić information content (AvgIpc) is 3.03. The molecule has 124 valence electrons. The highest BCUT2D eigenvalue weighted by atomic mass is 16.1. The summed E-state index contributed by atoms with van der Waals surface area (Å²) in [5, 5.41) is 2.99. The van der Waals surface area contributed by atoms with Crippen LogP contribution >= 0.6 is 0 Å². The lowest BCUT2D eigenvalue weighted by Gasteiger charge is -2.05. The summed E-state index contributed by atoms with van der Waals surface area (Å²) in [6.45, 7) is 0.742. The number of benzene rings is 2. The number of carbonyl (C=O) groups excluding carboxylic acids is 1. The summed E-state index contributed by atoms with van der Waals surface area (Å²) in [6, 6.07) is 18.4. The molecule has 0 fully saturated rings. The second-order valence-electron chi connectivity index (χ2n) is 5.99. The molecule has 0 radical (unpaired) electrons. The minimum atomic E-state index is 0.0927. The van der Waals surface area contributed by atoms with Crippen LogP contribution in [0.5, 0.6) is 0 Å². The van der Waals surface area contributed by atoms with Gasteiger partial charge in [0.15, 0.2) is 0 Å². The number of amides is 1. The van der Waals surface area contributed by atoms with Crippen molar-refractivity contribution in [1.82, 2.24) is 15.3 Å². The molecule has 0 bridgehead atoms. The van der Waals surface area contributed by atoms with Crippen LogP contribution in [-0.4, -0.2) is 22.4 Å². The lowest BCUT2D eigenvalue weighted by Crippen LogP contribution is -2.24. The van der Waals surface area contributed by atoms with Crippen LogP contribution in [0.25, 0.3) is 11.0 Å². The van der Waals surface area contributed by atoms with Crippen LogP contribution in [0.2, 0.25) is 0 Å². The predicted octanol–water partition coefficient (Wildman–Crippen LogP) is 3.63. The summed E-state index contributed by atoms with van der Waals surface area (Å²) in [4.78, 5) is 19.7. The molecule has 0 unspecified atom stereocenters. The Labute approximate surface area is 142 Å². The third kappa shape index (κ3) is 4.69. The average molecular weight is 321 g/mol. The quantitative estimate of drug-likeness (QED) is 0.622. The molecule has 2 aromatic carbocycles. The number of imidazole rings is 1. The van der Waals surface area contributed by atoms with Gasteiger partial charge in [0.2, 0.25) is 5.91 Å². The summed E-state index contributed by atoms with van der Waals surface area (Å²) in [5.41, 5.74) is 3.33. The van der Waals surface area contributed by atoms with E-state index in [1.807, 2.05) is 30.3 Å². The first kappa shape index (κ1) is 16.2. The fourth-order valence-electron chi connectivity index (χ4n) is 2.77. The molecule has 0 spiro atoms. The number of aromatic nitrogens is 2. The van der Waals surface area contributed by atoms with Gasteiger partial charge in [-0.25, -0.2) is 4.98 Å². The van der Waals surface area contributed by atoms with Crippen LogP contribution in [0, 0.1) is 0 Å². The number of aryl methyl sites for hydroxylation is 2. The third-order valence-electron chi connectivity index (χ3n) is 4.08. The van der Waals surface area contributed by atoms with Crippen molar-refractivity contribution in [2.24, 2.45) is 0 Å². The number of nitrogens with zero attached hydrogens (tertiary/aromatic N) is 1. The molecule has 0 saturated carbocycles. The van der Waals surface area contributed by atoms with E-state index in [0.29, 0.717) is 12.8 Å². The third-order valence-corrected chi connectivity index (χ3v) is 4.08. The van der Waals surface area contributed by atoms with Crippen LogP contribution in [0.1, 0.15) is 30.7 Å². The summed E-state index contributed by atoms with van der Waals surface area (Å²) in [7, 11) is 0. The molecule has 0 aliphatic heterocycles. The van der Waals surface area contributed by atoms with E-state index >= 15 is 0 Å². The number of fused-ring (bicyclic) bond motifs is 1. The number of hydrogen-bond acceptors (Lipinski definition) is 2. The maximum atomic E-state index is 11.9. The van der Waals surface area contributed by atoms with Gasteiger partial charge in [-0.2, -0.15) is 0 Å². The van der Waals surface area contributed by atoms with Crippen LogP contribution in [-0.2, 0) is 17.6 Å². The van der Waals surface area contributed by atoms with Gasteiger partial charge in [-0.05, 0) is 37.0 Å². The fourth-order valence-corrected chi connectivity index (χ4v) is 2.77. The number of hydrogen-bond donors (Lipinski definition) is 2. The van der Waals surface area contributed by atoms with E-state index in [4.69, 9.17) is 0 Å². The normalized spacial score (nSPS) is 10.8. The van der Waals surface area contributed by atoms with E-state index in [-0.39, 0.29) is 5.91 Å². The Morgan fingerprint density at radius 1 is 0.958 bits per heavy atom. The molecule has 1 heterocycles. The number of aromatic amines is 1. The summed E-state index contributed by atoms with van der Waals surface area (Å²) in [6.07, 6.45) is 4.28. The van der Waals surface area contributed by atoms with Gasteiger partial charge in [0.25, 0.3) is 0 Å². The molecule has 4 nitrogen and oxygen atoms in total. The molecule has 3 rings (SSSR count). The molecule has 3 aromatic rings. The Hall–Kier alpha value is -2.62. The van der Waals surface area contributed by atoms with Crippen molar-refractivity contribution in [3.05, 3.63) is 66.0 Å². The van der Waals surface area contributed by atoms with E-state index in [2.05, 4.69) is 39.6 Å². The van der Waals surface area contributed by atoms with Crippen molar-refractivity contribution >= 4 is 16.9 Å². The van der Waals surface area contributed by atoms with Gasteiger partial charge >= 0.3 is 0 Å². The maximum absolute atomic E-state index is 11.9. The van der Waals surface area contributed by atoms with E-state index in [1.165, 1.54) is 5.56 Å². The van der Waals surface area contributed by atoms with Crippen molar-refractivity contribution in [2.75, 3.05) is 6.54 Å². The Morgan fingerprint density at radius 3 is 2.58 bits per heavy atom. The highest BCUT2D eigenvalue weighted by molar-refractivity contribution is 5.77. The SMILES string of the molecule is O=C(CCc1nc2ccccc2[nH]1)NCCCCc1ccccc1. The van der Waals surface area contributed by atoms with E-state index in [9.17, 15) is 4.79 Å². The Bertz CT molecular complexity index is 747. The van der Waals surface area contributed by atoms with Crippen molar-refractivity contribution in [2.45, 2.75) is 32.1 Å². The van der Waals surface area contributed by atoms with E-state index in [1.54, 1.807) is 0 Å². The Morgan fingerprint density at radius 2 is 1.75 bits per heavy atom. The number of H-pyrrole nitrogens is 1. The topological polar surface area (TPSA) is 57.8 Å². The first-order valence-electron chi connectivity index (χ1n) is 8.55. The van der Waals surface area contributed by atoms with Gasteiger partial charge < -0.3 is 10.3 Å². The highest BCUT2D eigenvalue weighted by Crippen LogP contribution is 2.11. The number of unbranched alkanes of at least 4 members (excludes halogenated alkanes) is 1. The molecule has 1 aromatic heterocycles. The van der Waals surface area contributed by atoms with Crippen molar-refractivity contribution < 1.29 is 4.79 Å². The molecule has 0 saturated heterocycles. The minimum Gasteiger partial charge on any atom is -0.356 e. The molecular formula is C20H23N3O. The number of rotatable bonds is 8. The largest absolute Gasteiger partial charge is 0.356 e. The first-order chi connectivity index (χ1) is 11.8. The van der Waals surface area contributed by atoms with Crippen LogP contribution in [0.3, 0.4) is 0 Å². The number of nitrogens with one attached hydrogen (secondary N) is 2. The second-order valence-corrected chi connectivity index (χ2v) is 5.99. The molecule has 2 N–H and O–H groups in total. The first-order valence-corrected chi connectivity index (χ1v) is 8.55. The monoisotopic (exact) mass is 321 g/mol. The van der Waals surface area contributed by atoms with Crippen molar-refractivity contribution in [3.63, 3.8) is 0 Å².